The molecule has 0 saturated carbocycles. The smallest absolute Gasteiger partial charge is 0.246 e. The van der Waals surface area contributed by atoms with Crippen LogP contribution in [0.25, 0.3) is 0 Å². The van der Waals surface area contributed by atoms with Crippen LogP contribution in [-0.2, 0) is 4.74 Å². The van der Waals surface area contributed by atoms with Crippen LogP contribution in [0.5, 0.6) is 0 Å². The molecule has 0 aliphatic carbocycles. The topological polar surface area (TPSA) is 52.4 Å². The van der Waals surface area contributed by atoms with Gasteiger partial charge in [-0.3, -0.25) is 10.1 Å². The molecule has 0 amide bonds. The fourth-order valence-electron chi connectivity index (χ4n) is 2.00. The molecule has 0 N–H and O–H groups in total. The van der Waals surface area contributed by atoms with Gasteiger partial charge in [0.15, 0.2) is 6.10 Å². The van der Waals surface area contributed by atoms with Crippen molar-refractivity contribution >= 4 is 0 Å². The molecule has 1 aliphatic rings. The maximum atomic E-state index is 13.6. The molecule has 1 aromatic rings. The second kappa shape index (κ2) is 4.81. The van der Waals surface area contributed by atoms with Gasteiger partial charge in [0.25, 0.3) is 0 Å². The molecule has 0 radical (unpaired) electrons. The predicted molar refractivity (Wildman–Crippen MR) is 59.6 cm³/mol. The first kappa shape index (κ1) is 12.6. The zero-order chi connectivity index (χ0) is 13.3. The third-order valence-corrected chi connectivity index (χ3v) is 2.85. The Labute approximate surface area is 102 Å². The highest BCUT2D eigenvalue weighted by Crippen LogP contribution is 2.33. The third kappa shape index (κ3) is 2.38. The summed E-state index contributed by atoms with van der Waals surface area (Å²) in [6.45, 7) is 3.73. The Hall–Kier alpha value is -1.82. The van der Waals surface area contributed by atoms with Gasteiger partial charge in [-0.05, 0) is 23.8 Å². The number of hydrogen-bond acceptors (Lipinski definition) is 3. The zero-order valence-electron chi connectivity index (χ0n) is 9.44. The minimum absolute atomic E-state index is 0.105. The van der Waals surface area contributed by atoms with Gasteiger partial charge in [0, 0.05) is 16.9 Å². The average molecular weight is 255 g/mol. The quantitative estimate of drug-likeness (QED) is 0.463. The van der Waals surface area contributed by atoms with Crippen LogP contribution in [0.3, 0.4) is 0 Å². The van der Waals surface area contributed by atoms with Crippen molar-refractivity contribution < 1.29 is 18.4 Å². The summed E-state index contributed by atoms with van der Waals surface area (Å²) in [6, 6.07) is 1.70. The van der Waals surface area contributed by atoms with Gasteiger partial charge >= 0.3 is 0 Å². The highest BCUT2D eigenvalue weighted by molar-refractivity contribution is 5.24. The van der Waals surface area contributed by atoms with E-state index >= 15 is 0 Å². The number of rotatable bonds is 2. The lowest BCUT2D eigenvalue weighted by Crippen LogP contribution is -2.35. The van der Waals surface area contributed by atoms with Gasteiger partial charge in [0.1, 0.15) is 11.6 Å². The van der Waals surface area contributed by atoms with Crippen LogP contribution < -0.4 is 0 Å². The zero-order valence-corrected chi connectivity index (χ0v) is 9.44. The molecule has 4 nitrogen and oxygen atoms in total. The standard InChI is InChI=1S/C12H11F2NO3/c1-7-4-11(15(16)17)12(18-6-7)9-5-8(13)2-3-10(9)14/h2-3,5,11-12H,1,4,6H2/t11-,12-/m1/s1. The summed E-state index contributed by atoms with van der Waals surface area (Å²) >= 11 is 0. The summed E-state index contributed by atoms with van der Waals surface area (Å²) in [4.78, 5) is 10.4. The Kier molecular flexibility index (Phi) is 3.38. The minimum atomic E-state index is -1.14. The van der Waals surface area contributed by atoms with E-state index in [0.717, 1.165) is 18.2 Å². The SMILES string of the molecule is C=C1CO[C@H](c2cc(F)ccc2F)[C@H]([N+](=O)[O-])C1. The van der Waals surface area contributed by atoms with E-state index < -0.39 is 28.7 Å². The molecule has 2 atom stereocenters. The first-order valence-corrected chi connectivity index (χ1v) is 5.35. The third-order valence-electron chi connectivity index (χ3n) is 2.85. The van der Waals surface area contributed by atoms with E-state index in [4.69, 9.17) is 4.74 Å². The summed E-state index contributed by atoms with van der Waals surface area (Å²) in [6.07, 6.45) is -0.977. The molecular weight excluding hydrogens is 244 g/mol. The van der Waals surface area contributed by atoms with Crippen molar-refractivity contribution in [2.24, 2.45) is 0 Å². The lowest BCUT2D eigenvalue weighted by Gasteiger charge is -2.27. The predicted octanol–water partition coefficient (Wildman–Crippen LogP) is 2.63. The van der Waals surface area contributed by atoms with Crippen LogP contribution in [-0.4, -0.2) is 17.6 Å². The molecule has 1 saturated heterocycles. The molecule has 2 rings (SSSR count). The van der Waals surface area contributed by atoms with Gasteiger partial charge in [0.05, 0.1) is 6.61 Å². The molecule has 1 heterocycles. The Bertz CT molecular complexity index is 504. The largest absolute Gasteiger partial charge is 0.362 e. The highest BCUT2D eigenvalue weighted by Gasteiger charge is 2.39. The Balaban J connectivity index is 2.38. The van der Waals surface area contributed by atoms with Gasteiger partial charge in [-0.1, -0.05) is 6.58 Å². The summed E-state index contributed by atoms with van der Waals surface area (Å²) in [5.74, 6) is -1.36. The number of halogens is 2. The van der Waals surface area contributed by atoms with E-state index in [2.05, 4.69) is 6.58 Å². The number of nitro groups is 1. The van der Waals surface area contributed by atoms with E-state index in [1.54, 1.807) is 0 Å². The number of ether oxygens (including phenoxy) is 1. The molecule has 96 valence electrons. The van der Waals surface area contributed by atoms with Crippen molar-refractivity contribution in [2.75, 3.05) is 6.61 Å². The van der Waals surface area contributed by atoms with Crippen LogP contribution >= 0.6 is 0 Å². The maximum absolute atomic E-state index is 13.6. The first-order chi connectivity index (χ1) is 8.49. The van der Waals surface area contributed by atoms with Crippen molar-refractivity contribution in [1.29, 1.82) is 0 Å². The molecule has 1 aliphatic heterocycles. The second-order valence-electron chi connectivity index (χ2n) is 4.20. The average Bonchev–Trinajstić information content (AvgIpc) is 2.32. The Morgan fingerprint density at radius 2 is 2.17 bits per heavy atom. The van der Waals surface area contributed by atoms with Crippen LogP contribution in [0.15, 0.2) is 30.4 Å². The monoisotopic (exact) mass is 255 g/mol. The van der Waals surface area contributed by atoms with E-state index in [1.165, 1.54) is 0 Å². The number of hydrogen-bond donors (Lipinski definition) is 0. The summed E-state index contributed by atoms with van der Waals surface area (Å²) < 4.78 is 31.9. The van der Waals surface area contributed by atoms with Gasteiger partial charge in [0.2, 0.25) is 6.04 Å². The van der Waals surface area contributed by atoms with Crippen LogP contribution in [0.2, 0.25) is 0 Å². The maximum Gasteiger partial charge on any atom is 0.246 e. The van der Waals surface area contributed by atoms with Crippen molar-refractivity contribution in [3.63, 3.8) is 0 Å². The first-order valence-electron chi connectivity index (χ1n) is 5.35. The number of nitrogens with zero attached hydrogens (tertiary/aromatic N) is 1. The molecule has 1 aromatic carbocycles. The van der Waals surface area contributed by atoms with E-state index in [1.807, 2.05) is 0 Å². The van der Waals surface area contributed by atoms with Crippen molar-refractivity contribution in [3.05, 3.63) is 57.7 Å². The number of benzene rings is 1. The molecule has 0 unspecified atom stereocenters. The van der Waals surface area contributed by atoms with Crippen LogP contribution in [0, 0.1) is 21.7 Å². The van der Waals surface area contributed by atoms with Gasteiger partial charge < -0.3 is 4.74 Å². The molecule has 0 bridgehead atoms. The van der Waals surface area contributed by atoms with Crippen molar-refractivity contribution in [1.82, 2.24) is 0 Å². The normalized spacial score (nSPS) is 24.0. The fourth-order valence-corrected chi connectivity index (χ4v) is 2.00. The van der Waals surface area contributed by atoms with E-state index in [-0.39, 0.29) is 18.6 Å². The molecule has 6 heteroatoms. The van der Waals surface area contributed by atoms with Crippen molar-refractivity contribution in [3.8, 4) is 0 Å². The lowest BCUT2D eigenvalue weighted by molar-refractivity contribution is -0.539. The lowest BCUT2D eigenvalue weighted by atomic mass is 9.94. The van der Waals surface area contributed by atoms with Gasteiger partial charge in [-0.25, -0.2) is 8.78 Å². The Morgan fingerprint density at radius 3 is 2.83 bits per heavy atom. The summed E-state index contributed by atoms with van der Waals surface area (Å²) in [7, 11) is 0. The molecule has 0 aromatic heterocycles. The molecule has 18 heavy (non-hydrogen) atoms. The van der Waals surface area contributed by atoms with E-state index in [0.29, 0.717) is 5.57 Å². The summed E-state index contributed by atoms with van der Waals surface area (Å²) in [5, 5.41) is 10.9. The molecule has 0 spiro atoms. The van der Waals surface area contributed by atoms with Crippen LogP contribution in [0.1, 0.15) is 18.1 Å². The molecule has 1 fully saturated rings. The van der Waals surface area contributed by atoms with E-state index in [9.17, 15) is 18.9 Å². The van der Waals surface area contributed by atoms with Crippen molar-refractivity contribution in [2.45, 2.75) is 18.6 Å². The Morgan fingerprint density at radius 1 is 1.44 bits per heavy atom. The fraction of sp³-hybridized carbons (Fsp3) is 0.333. The molecular formula is C12H11F2NO3. The van der Waals surface area contributed by atoms with Gasteiger partial charge in [-0.15, -0.1) is 0 Å². The summed E-state index contributed by atoms with van der Waals surface area (Å²) in [5.41, 5.74) is 0.453. The highest BCUT2D eigenvalue weighted by atomic mass is 19.1. The minimum Gasteiger partial charge on any atom is -0.362 e. The van der Waals surface area contributed by atoms with Crippen LogP contribution in [0.4, 0.5) is 8.78 Å². The van der Waals surface area contributed by atoms with Gasteiger partial charge in [-0.2, -0.15) is 0 Å². The second-order valence-corrected chi connectivity index (χ2v) is 4.20.